The Morgan fingerprint density at radius 2 is 2.12 bits per heavy atom. The maximum Gasteiger partial charge on any atom is 0.246 e. The second-order valence-electron chi connectivity index (χ2n) is 6.63. The Labute approximate surface area is 139 Å². The van der Waals surface area contributed by atoms with E-state index in [0.29, 0.717) is 13.1 Å². The molecule has 0 bridgehead atoms. The number of benzene rings is 1. The molecule has 2 aromatic rings. The minimum Gasteiger partial charge on any atom is -0.356 e. The fourth-order valence-corrected chi connectivity index (χ4v) is 3.58. The third kappa shape index (κ3) is 2.45. The molecule has 0 radical (unpaired) electrons. The lowest BCUT2D eigenvalue weighted by atomic mass is 10.1. The summed E-state index contributed by atoms with van der Waals surface area (Å²) in [5.41, 5.74) is 2.83. The van der Waals surface area contributed by atoms with Crippen LogP contribution in [0.5, 0.6) is 0 Å². The van der Waals surface area contributed by atoms with Gasteiger partial charge in [-0.05, 0) is 24.6 Å². The van der Waals surface area contributed by atoms with Crippen molar-refractivity contribution in [2.45, 2.75) is 19.5 Å². The van der Waals surface area contributed by atoms with Crippen LogP contribution < -0.4 is 0 Å². The highest BCUT2D eigenvalue weighted by atomic mass is 16.5. The van der Waals surface area contributed by atoms with E-state index in [9.17, 15) is 9.59 Å². The van der Waals surface area contributed by atoms with Crippen molar-refractivity contribution >= 4 is 22.8 Å². The van der Waals surface area contributed by atoms with Crippen LogP contribution in [-0.2, 0) is 16.1 Å². The predicted octanol–water partition coefficient (Wildman–Crippen LogP) is 0.621. The van der Waals surface area contributed by atoms with Gasteiger partial charge < -0.3 is 14.3 Å². The molecule has 1 atom stereocenters. The molecular formula is C17H20N4O3. The summed E-state index contributed by atoms with van der Waals surface area (Å²) in [6.07, 6.45) is 0. The molecule has 3 heterocycles. The largest absolute Gasteiger partial charge is 0.356 e. The van der Waals surface area contributed by atoms with Crippen LogP contribution >= 0.6 is 0 Å². The Morgan fingerprint density at radius 1 is 1.29 bits per heavy atom. The third-order valence-corrected chi connectivity index (χ3v) is 4.94. The Balaban J connectivity index is 1.52. The first-order valence-corrected chi connectivity index (χ1v) is 8.14. The van der Waals surface area contributed by atoms with Crippen molar-refractivity contribution in [2.24, 2.45) is 0 Å². The lowest BCUT2D eigenvalue weighted by Gasteiger charge is -2.45. The first-order chi connectivity index (χ1) is 11.5. The van der Waals surface area contributed by atoms with Crippen molar-refractivity contribution in [3.05, 3.63) is 29.5 Å². The van der Waals surface area contributed by atoms with Gasteiger partial charge in [-0.2, -0.15) is 0 Å². The molecule has 2 aliphatic heterocycles. The molecule has 7 heteroatoms. The van der Waals surface area contributed by atoms with Crippen LogP contribution in [0.2, 0.25) is 0 Å². The van der Waals surface area contributed by atoms with Gasteiger partial charge in [0, 0.05) is 38.6 Å². The molecule has 0 aliphatic carbocycles. The maximum absolute atomic E-state index is 12.4. The van der Waals surface area contributed by atoms with Crippen molar-refractivity contribution in [3.63, 3.8) is 0 Å². The summed E-state index contributed by atoms with van der Waals surface area (Å²) in [6, 6.07) is 5.70. The van der Waals surface area contributed by atoms with Gasteiger partial charge >= 0.3 is 0 Å². The Kier molecular flexibility index (Phi) is 3.53. The summed E-state index contributed by atoms with van der Waals surface area (Å²) in [6.45, 7) is 4.83. The second-order valence-corrected chi connectivity index (χ2v) is 6.63. The van der Waals surface area contributed by atoms with E-state index in [1.165, 1.54) is 4.90 Å². The van der Waals surface area contributed by atoms with Crippen LogP contribution in [0, 0.1) is 6.92 Å². The molecule has 0 N–H and O–H groups in total. The maximum atomic E-state index is 12.4. The SMILES string of the molecule is Cc1noc2ccc(CN3CCN4C(=O)CN(C)C(=O)[C@@H]4C3)cc12. The number of nitrogens with zero attached hydrogens (tertiary/aromatic N) is 4. The number of aromatic nitrogens is 1. The van der Waals surface area contributed by atoms with Gasteiger partial charge in [-0.25, -0.2) is 0 Å². The topological polar surface area (TPSA) is 69.9 Å². The standard InChI is InChI=1S/C17H20N4O3/c1-11-13-7-12(3-4-15(13)24-18-11)8-20-5-6-21-14(9-20)17(23)19(2)10-16(21)22/h3-4,7,14H,5-6,8-10H2,1-2H3/t14-/m0/s1. The molecule has 0 spiro atoms. The van der Waals surface area contributed by atoms with E-state index in [4.69, 9.17) is 4.52 Å². The molecule has 7 nitrogen and oxygen atoms in total. The number of piperazine rings is 2. The lowest BCUT2D eigenvalue weighted by molar-refractivity contribution is -0.158. The molecule has 2 aliphatic rings. The van der Waals surface area contributed by atoms with E-state index < -0.39 is 0 Å². The third-order valence-electron chi connectivity index (χ3n) is 4.94. The van der Waals surface area contributed by atoms with Gasteiger partial charge in [0.25, 0.3) is 0 Å². The summed E-state index contributed by atoms with van der Waals surface area (Å²) in [5.74, 6) is 0.0768. The number of hydrogen-bond donors (Lipinski definition) is 0. The van der Waals surface area contributed by atoms with Crippen molar-refractivity contribution in [2.75, 3.05) is 33.2 Å². The fraction of sp³-hybridized carbons (Fsp3) is 0.471. The molecule has 1 aromatic heterocycles. The van der Waals surface area contributed by atoms with Crippen LogP contribution in [0.25, 0.3) is 11.0 Å². The van der Waals surface area contributed by atoms with Crippen molar-refractivity contribution in [3.8, 4) is 0 Å². The Hall–Kier alpha value is -2.41. The number of carbonyl (C=O) groups is 2. The quantitative estimate of drug-likeness (QED) is 0.808. The first-order valence-electron chi connectivity index (χ1n) is 8.14. The summed E-state index contributed by atoms with van der Waals surface area (Å²) in [7, 11) is 1.69. The lowest BCUT2D eigenvalue weighted by Crippen LogP contribution is -2.65. The Morgan fingerprint density at radius 3 is 2.96 bits per heavy atom. The van der Waals surface area contributed by atoms with Crippen LogP contribution in [0.4, 0.5) is 0 Å². The second kappa shape index (κ2) is 5.59. The average Bonchev–Trinajstić information content (AvgIpc) is 2.94. The van der Waals surface area contributed by atoms with Gasteiger partial charge in [0.1, 0.15) is 6.04 Å². The van der Waals surface area contributed by atoms with Gasteiger partial charge in [-0.3, -0.25) is 14.5 Å². The predicted molar refractivity (Wildman–Crippen MR) is 87.2 cm³/mol. The highest BCUT2D eigenvalue weighted by Crippen LogP contribution is 2.22. The zero-order chi connectivity index (χ0) is 16.8. The van der Waals surface area contributed by atoms with Crippen molar-refractivity contribution in [1.82, 2.24) is 19.9 Å². The van der Waals surface area contributed by atoms with Gasteiger partial charge in [0.2, 0.25) is 11.8 Å². The zero-order valence-corrected chi connectivity index (χ0v) is 13.9. The first kappa shape index (κ1) is 15.1. The minimum absolute atomic E-state index is 0.0321. The summed E-state index contributed by atoms with van der Waals surface area (Å²) < 4.78 is 5.24. The highest BCUT2D eigenvalue weighted by Gasteiger charge is 2.41. The Bertz CT molecular complexity index is 815. The molecule has 1 aromatic carbocycles. The molecule has 2 saturated heterocycles. The van der Waals surface area contributed by atoms with Crippen LogP contribution in [0.3, 0.4) is 0 Å². The van der Waals surface area contributed by atoms with E-state index in [2.05, 4.69) is 16.1 Å². The molecule has 0 unspecified atom stereocenters. The molecule has 4 rings (SSSR count). The monoisotopic (exact) mass is 328 g/mol. The number of carbonyl (C=O) groups excluding carboxylic acids is 2. The average molecular weight is 328 g/mol. The molecule has 24 heavy (non-hydrogen) atoms. The molecule has 0 saturated carbocycles. The number of rotatable bonds is 2. The van der Waals surface area contributed by atoms with E-state index >= 15 is 0 Å². The molecule has 2 fully saturated rings. The van der Waals surface area contributed by atoms with E-state index in [1.54, 1.807) is 11.9 Å². The van der Waals surface area contributed by atoms with Gasteiger partial charge in [-0.1, -0.05) is 11.2 Å². The smallest absolute Gasteiger partial charge is 0.246 e. The van der Waals surface area contributed by atoms with E-state index in [-0.39, 0.29) is 24.4 Å². The normalized spacial score (nSPS) is 22.3. The number of amides is 2. The van der Waals surface area contributed by atoms with Gasteiger partial charge in [-0.15, -0.1) is 0 Å². The number of hydrogen-bond acceptors (Lipinski definition) is 5. The van der Waals surface area contributed by atoms with E-state index in [1.807, 2.05) is 19.1 Å². The van der Waals surface area contributed by atoms with Crippen LogP contribution in [0.1, 0.15) is 11.3 Å². The molecular weight excluding hydrogens is 308 g/mol. The van der Waals surface area contributed by atoms with Gasteiger partial charge in [0.05, 0.1) is 12.2 Å². The van der Waals surface area contributed by atoms with E-state index in [0.717, 1.165) is 35.3 Å². The van der Waals surface area contributed by atoms with Crippen molar-refractivity contribution < 1.29 is 14.1 Å². The van der Waals surface area contributed by atoms with Crippen LogP contribution in [0.15, 0.2) is 22.7 Å². The molecule has 2 amide bonds. The molecule has 126 valence electrons. The zero-order valence-electron chi connectivity index (χ0n) is 13.9. The minimum atomic E-state index is -0.356. The summed E-state index contributed by atoms with van der Waals surface area (Å²) >= 11 is 0. The highest BCUT2D eigenvalue weighted by molar-refractivity contribution is 5.95. The van der Waals surface area contributed by atoms with Crippen LogP contribution in [-0.4, -0.2) is 70.9 Å². The summed E-state index contributed by atoms with van der Waals surface area (Å²) in [5, 5.41) is 5.00. The number of likely N-dealkylation sites (N-methyl/N-ethyl adjacent to an activating group) is 1. The summed E-state index contributed by atoms with van der Waals surface area (Å²) in [4.78, 5) is 30.0. The number of fused-ring (bicyclic) bond motifs is 2. The fourth-order valence-electron chi connectivity index (χ4n) is 3.58. The van der Waals surface area contributed by atoms with Crippen molar-refractivity contribution in [1.29, 1.82) is 0 Å². The van der Waals surface area contributed by atoms with Gasteiger partial charge in [0.15, 0.2) is 5.58 Å². The number of aryl methyl sites for hydroxylation is 1.